The third-order valence-corrected chi connectivity index (χ3v) is 3.30. The summed E-state index contributed by atoms with van der Waals surface area (Å²) in [7, 11) is 0. The molecule has 0 spiro atoms. The molecule has 1 rings (SSSR count). The fourth-order valence-electron chi connectivity index (χ4n) is 2.26. The van der Waals surface area contributed by atoms with Crippen molar-refractivity contribution in [3.8, 4) is 0 Å². The first-order chi connectivity index (χ1) is 7.55. The lowest BCUT2D eigenvalue weighted by Crippen LogP contribution is -2.19. The van der Waals surface area contributed by atoms with Gasteiger partial charge in [0.15, 0.2) is 5.78 Å². The van der Waals surface area contributed by atoms with E-state index in [4.69, 9.17) is 5.11 Å². The number of carbonyl (C=O) groups is 1. The van der Waals surface area contributed by atoms with E-state index in [1.807, 2.05) is 0 Å². The van der Waals surface area contributed by atoms with Crippen LogP contribution in [0.3, 0.4) is 0 Å². The lowest BCUT2D eigenvalue weighted by Gasteiger charge is -2.29. The quantitative estimate of drug-likeness (QED) is 0.703. The fraction of sp³-hybridized carbons (Fsp3) is 0.786. The van der Waals surface area contributed by atoms with Gasteiger partial charge in [0.05, 0.1) is 0 Å². The molecule has 0 bridgehead atoms. The molecule has 1 aliphatic rings. The summed E-state index contributed by atoms with van der Waals surface area (Å²) in [6.45, 7) is 4.71. The highest BCUT2D eigenvalue weighted by Crippen LogP contribution is 2.35. The highest BCUT2D eigenvalue weighted by atomic mass is 16.2. The second kappa shape index (κ2) is 6.19. The van der Waals surface area contributed by atoms with E-state index in [2.05, 4.69) is 19.9 Å². The fourth-order valence-corrected chi connectivity index (χ4v) is 2.26. The zero-order valence-electron chi connectivity index (χ0n) is 10.6. The number of allylic oxidation sites excluding steroid dienone is 2. The van der Waals surface area contributed by atoms with Crippen LogP contribution < -0.4 is 0 Å². The normalized spacial score (nSPS) is 19.3. The van der Waals surface area contributed by atoms with Crippen molar-refractivity contribution in [2.75, 3.05) is 6.61 Å². The molecule has 0 unspecified atom stereocenters. The van der Waals surface area contributed by atoms with E-state index >= 15 is 0 Å². The van der Waals surface area contributed by atoms with Crippen LogP contribution in [0, 0.1) is 5.41 Å². The summed E-state index contributed by atoms with van der Waals surface area (Å²) in [5.41, 5.74) is 1.34. The molecule has 0 radical (unpaired) electrons. The van der Waals surface area contributed by atoms with E-state index < -0.39 is 0 Å². The number of carbonyl (C=O) groups excluding carboxylic acids is 1. The number of hydrogen-bond acceptors (Lipinski definition) is 2. The van der Waals surface area contributed by atoms with Crippen LogP contribution in [0.4, 0.5) is 0 Å². The summed E-state index contributed by atoms with van der Waals surface area (Å²) in [6.07, 6.45) is 8.64. The Bertz CT molecular complexity index is 264. The van der Waals surface area contributed by atoms with Crippen LogP contribution in [0.25, 0.3) is 0 Å². The van der Waals surface area contributed by atoms with Gasteiger partial charge in [-0.2, -0.15) is 0 Å². The summed E-state index contributed by atoms with van der Waals surface area (Å²) >= 11 is 0. The Morgan fingerprint density at radius 2 is 2.12 bits per heavy atom. The predicted octanol–water partition coefficient (Wildman–Crippen LogP) is 3.24. The van der Waals surface area contributed by atoms with E-state index in [9.17, 15) is 4.79 Å². The van der Waals surface area contributed by atoms with Gasteiger partial charge in [0, 0.05) is 13.0 Å². The lowest BCUT2D eigenvalue weighted by molar-refractivity contribution is -0.116. The summed E-state index contributed by atoms with van der Waals surface area (Å²) < 4.78 is 0. The third-order valence-electron chi connectivity index (χ3n) is 3.30. The maximum Gasteiger partial charge on any atom is 0.158 e. The summed E-state index contributed by atoms with van der Waals surface area (Å²) in [4.78, 5) is 11.9. The Kier molecular flexibility index (Phi) is 5.20. The molecule has 1 aliphatic carbocycles. The number of rotatable bonds is 6. The van der Waals surface area contributed by atoms with E-state index in [1.54, 1.807) is 0 Å². The molecule has 0 aromatic carbocycles. The van der Waals surface area contributed by atoms with Crippen LogP contribution in [-0.2, 0) is 4.79 Å². The minimum absolute atomic E-state index is 0.240. The molecular weight excluding hydrogens is 200 g/mol. The van der Waals surface area contributed by atoms with Crippen LogP contribution in [0.5, 0.6) is 0 Å². The molecule has 1 N–H and O–H groups in total. The highest BCUT2D eigenvalue weighted by molar-refractivity contribution is 5.95. The largest absolute Gasteiger partial charge is 0.396 e. The lowest BCUT2D eigenvalue weighted by atomic mass is 9.76. The van der Waals surface area contributed by atoms with Crippen molar-refractivity contribution < 1.29 is 9.90 Å². The number of Topliss-reactive ketones (excluding diaryl/α,β-unsaturated/α-hetero) is 1. The SMILES string of the molecule is CC1(C)CCC=C(C(=O)CCCCCO)C1. The molecule has 16 heavy (non-hydrogen) atoms. The van der Waals surface area contributed by atoms with Crippen molar-refractivity contribution in [1.82, 2.24) is 0 Å². The van der Waals surface area contributed by atoms with E-state index in [0.717, 1.165) is 37.7 Å². The van der Waals surface area contributed by atoms with Crippen molar-refractivity contribution in [3.05, 3.63) is 11.6 Å². The van der Waals surface area contributed by atoms with E-state index in [1.165, 1.54) is 6.42 Å². The second-order valence-corrected chi connectivity index (χ2v) is 5.57. The number of aliphatic hydroxyl groups is 1. The molecule has 0 saturated heterocycles. The summed E-state index contributed by atoms with van der Waals surface area (Å²) in [6, 6.07) is 0. The first-order valence-electron chi connectivity index (χ1n) is 6.38. The molecule has 0 heterocycles. The maximum absolute atomic E-state index is 11.9. The Labute approximate surface area is 98.7 Å². The molecule has 0 aromatic rings. The summed E-state index contributed by atoms with van der Waals surface area (Å²) in [5.74, 6) is 0.325. The average molecular weight is 224 g/mol. The van der Waals surface area contributed by atoms with Crippen molar-refractivity contribution in [2.24, 2.45) is 5.41 Å². The molecule has 2 heteroatoms. The standard InChI is InChI=1S/C14H24O2/c1-14(2)9-6-7-12(11-14)13(16)8-4-3-5-10-15/h7,15H,3-6,8-11H2,1-2H3. The first kappa shape index (κ1) is 13.4. The minimum Gasteiger partial charge on any atom is -0.396 e. The first-order valence-corrected chi connectivity index (χ1v) is 6.38. The van der Waals surface area contributed by atoms with Crippen LogP contribution in [0.2, 0.25) is 0 Å². The zero-order chi connectivity index (χ0) is 12.0. The molecule has 92 valence electrons. The van der Waals surface area contributed by atoms with Crippen molar-refractivity contribution in [3.63, 3.8) is 0 Å². The minimum atomic E-state index is 0.240. The van der Waals surface area contributed by atoms with Gasteiger partial charge in [0.2, 0.25) is 0 Å². The smallest absolute Gasteiger partial charge is 0.158 e. The molecule has 0 atom stereocenters. The Hall–Kier alpha value is -0.630. The molecule has 0 aromatic heterocycles. The van der Waals surface area contributed by atoms with Gasteiger partial charge in [0.25, 0.3) is 0 Å². The molecule has 0 aliphatic heterocycles. The molecule has 2 nitrogen and oxygen atoms in total. The number of aliphatic hydroxyl groups excluding tert-OH is 1. The average Bonchev–Trinajstić information content (AvgIpc) is 2.22. The van der Waals surface area contributed by atoms with Gasteiger partial charge in [0.1, 0.15) is 0 Å². The Morgan fingerprint density at radius 3 is 2.75 bits per heavy atom. The number of unbranched alkanes of at least 4 members (excludes halogenated alkanes) is 2. The van der Waals surface area contributed by atoms with Crippen LogP contribution in [0.15, 0.2) is 11.6 Å². The predicted molar refractivity (Wildman–Crippen MR) is 66.3 cm³/mol. The summed E-state index contributed by atoms with van der Waals surface area (Å²) in [5, 5.41) is 8.65. The van der Waals surface area contributed by atoms with Crippen LogP contribution in [-0.4, -0.2) is 17.5 Å². The Morgan fingerprint density at radius 1 is 1.38 bits per heavy atom. The van der Waals surface area contributed by atoms with E-state index in [-0.39, 0.29) is 6.61 Å². The van der Waals surface area contributed by atoms with Crippen LogP contribution in [0.1, 0.15) is 58.8 Å². The van der Waals surface area contributed by atoms with Gasteiger partial charge in [-0.3, -0.25) is 4.79 Å². The van der Waals surface area contributed by atoms with Crippen molar-refractivity contribution >= 4 is 5.78 Å². The molecular formula is C14H24O2. The van der Waals surface area contributed by atoms with Crippen LogP contribution >= 0.6 is 0 Å². The third kappa shape index (κ3) is 4.48. The van der Waals surface area contributed by atoms with Gasteiger partial charge in [-0.25, -0.2) is 0 Å². The maximum atomic E-state index is 11.9. The topological polar surface area (TPSA) is 37.3 Å². The van der Waals surface area contributed by atoms with Gasteiger partial charge < -0.3 is 5.11 Å². The zero-order valence-corrected chi connectivity index (χ0v) is 10.6. The highest BCUT2D eigenvalue weighted by Gasteiger charge is 2.25. The van der Waals surface area contributed by atoms with E-state index in [0.29, 0.717) is 17.6 Å². The molecule has 0 fully saturated rings. The number of hydrogen-bond donors (Lipinski definition) is 1. The monoisotopic (exact) mass is 224 g/mol. The second-order valence-electron chi connectivity index (χ2n) is 5.57. The van der Waals surface area contributed by atoms with Crippen molar-refractivity contribution in [1.29, 1.82) is 0 Å². The van der Waals surface area contributed by atoms with Crippen molar-refractivity contribution in [2.45, 2.75) is 58.8 Å². The number of ketones is 1. The van der Waals surface area contributed by atoms with Gasteiger partial charge in [-0.1, -0.05) is 26.3 Å². The van der Waals surface area contributed by atoms with Gasteiger partial charge in [-0.15, -0.1) is 0 Å². The molecule has 0 amide bonds. The van der Waals surface area contributed by atoms with Gasteiger partial charge in [-0.05, 0) is 43.1 Å². The van der Waals surface area contributed by atoms with Gasteiger partial charge >= 0.3 is 0 Å². The Balaban J connectivity index is 2.34. The molecule has 0 saturated carbocycles.